The van der Waals surface area contributed by atoms with Crippen molar-refractivity contribution in [3.63, 3.8) is 0 Å². The molecule has 0 radical (unpaired) electrons. The highest BCUT2D eigenvalue weighted by Gasteiger charge is 2.21. The molecule has 15 heavy (non-hydrogen) atoms. The lowest BCUT2D eigenvalue weighted by molar-refractivity contribution is 0.287. The molecule has 0 saturated carbocycles. The van der Waals surface area contributed by atoms with Crippen LogP contribution in [0.3, 0.4) is 0 Å². The van der Waals surface area contributed by atoms with Gasteiger partial charge in [-0.3, -0.25) is 0 Å². The molecule has 0 aliphatic heterocycles. The van der Waals surface area contributed by atoms with Gasteiger partial charge < -0.3 is 5.11 Å². The minimum Gasteiger partial charge on any atom is -0.396 e. The van der Waals surface area contributed by atoms with Gasteiger partial charge >= 0.3 is 0 Å². The lowest BCUT2D eigenvalue weighted by Crippen LogP contribution is -2.02. The van der Waals surface area contributed by atoms with Crippen LogP contribution in [-0.4, -0.2) is 11.7 Å². The van der Waals surface area contributed by atoms with Crippen molar-refractivity contribution in [2.75, 3.05) is 6.61 Å². The van der Waals surface area contributed by atoms with Crippen LogP contribution in [0.1, 0.15) is 12.0 Å². The second-order valence-corrected chi connectivity index (χ2v) is 4.05. The summed E-state index contributed by atoms with van der Waals surface area (Å²) in [5.74, 6) is -3.60. The number of aliphatic hydroxyl groups is 1. The fraction of sp³-hybridized carbons (Fsp3) is 0.333. The molecule has 0 spiro atoms. The molecule has 1 aromatic carbocycles. The standard InChI is InChI=1S/C9H7BrClF3O/c10-5-4(2-1-3-15)7(12)9(14)6(11)8(5)13/h15H,1-3H2. The summed E-state index contributed by atoms with van der Waals surface area (Å²) in [6.45, 7) is -0.183. The molecule has 0 fully saturated rings. The molecule has 0 aromatic heterocycles. The average Bonchev–Trinajstić information content (AvgIpc) is 2.24. The van der Waals surface area contributed by atoms with E-state index in [4.69, 9.17) is 16.7 Å². The fourth-order valence-electron chi connectivity index (χ4n) is 1.13. The van der Waals surface area contributed by atoms with Gasteiger partial charge in [0.2, 0.25) is 0 Å². The Morgan fingerprint density at radius 2 is 1.73 bits per heavy atom. The van der Waals surface area contributed by atoms with Crippen molar-refractivity contribution < 1.29 is 18.3 Å². The summed E-state index contributed by atoms with van der Waals surface area (Å²) in [6.07, 6.45) is 0.254. The summed E-state index contributed by atoms with van der Waals surface area (Å²) in [7, 11) is 0. The van der Waals surface area contributed by atoms with E-state index < -0.39 is 22.5 Å². The number of halogens is 5. The van der Waals surface area contributed by atoms with E-state index in [-0.39, 0.29) is 29.5 Å². The van der Waals surface area contributed by atoms with Gasteiger partial charge in [0, 0.05) is 12.2 Å². The van der Waals surface area contributed by atoms with Crippen molar-refractivity contribution in [3.8, 4) is 0 Å². The predicted octanol–water partition coefficient (Wildman–Crippen LogP) is 3.44. The van der Waals surface area contributed by atoms with Gasteiger partial charge in [-0.25, -0.2) is 13.2 Å². The minimum atomic E-state index is -1.40. The molecule has 0 aliphatic carbocycles. The van der Waals surface area contributed by atoms with E-state index in [9.17, 15) is 13.2 Å². The van der Waals surface area contributed by atoms with Crippen LogP contribution in [0, 0.1) is 17.5 Å². The summed E-state index contributed by atoms with van der Waals surface area (Å²) in [6, 6.07) is 0. The van der Waals surface area contributed by atoms with Gasteiger partial charge in [-0.05, 0) is 28.8 Å². The Bertz CT molecular complexity index is 355. The summed E-state index contributed by atoms with van der Waals surface area (Å²) in [5.41, 5.74) is -0.150. The van der Waals surface area contributed by atoms with E-state index >= 15 is 0 Å². The van der Waals surface area contributed by atoms with Crippen LogP contribution in [0.4, 0.5) is 13.2 Å². The second-order valence-electron chi connectivity index (χ2n) is 2.88. The maximum Gasteiger partial charge on any atom is 0.180 e. The van der Waals surface area contributed by atoms with Gasteiger partial charge in [0.1, 0.15) is 5.02 Å². The van der Waals surface area contributed by atoms with Gasteiger partial charge in [0.15, 0.2) is 17.5 Å². The third-order valence-electron chi connectivity index (χ3n) is 1.89. The molecule has 1 N–H and O–H groups in total. The molecule has 0 unspecified atom stereocenters. The SMILES string of the molecule is OCCCc1c(F)c(F)c(Cl)c(F)c1Br. The maximum atomic E-state index is 13.3. The van der Waals surface area contributed by atoms with Gasteiger partial charge in [0.25, 0.3) is 0 Å². The smallest absolute Gasteiger partial charge is 0.180 e. The molecular weight excluding hydrogens is 296 g/mol. The Kier molecular flexibility index (Phi) is 4.43. The Hall–Kier alpha value is -0.260. The molecule has 1 rings (SSSR count). The summed E-state index contributed by atoms with van der Waals surface area (Å²) >= 11 is 8.02. The lowest BCUT2D eigenvalue weighted by atomic mass is 10.1. The van der Waals surface area contributed by atoms with Crippen LogP contribution in [0.2, 0.25) is 5.02 Å². The van der Waals surface area contributed by atoms with Crippen molar-refractivity contribution in [2.24, 2.45) is 0 Å². The maximum absolute atomic E-state index is 13.3. The quantitative estimate of drug-likeness (QED) is 0.670. The van der Waals surface area contributed by atoms with Gasteiger partial charge in [-0.1, -0.05) is 11.6 Å². The molecule has 0 bridgehead atoms. The Morgan fingerprint density at radius 1 is 1.13 bits per heavy atom. The summed E-state index contributed by atoms with van der Waals surface area (Å²) in [5, 5.41) is 7.68. The number of aliphatic hydroxyl groups excluding tert-OH is 1. The van der Waals surface area contributed by atoms with Crippen molar-refractivity contribution in [1.82, 2.24) is 0 Å². The summed E-state index contributed by atoms with van der Waals surface area (Å²) < 4.78 is 39.3. The van der Waals surface area contributed by atoms with Crippen molar-refractivity contribution in [2.45, 2.75) is 12.8 Å². The molecular formula is C9H7BrClF3O. The first-order valence-corrected chi connectivity index (χ1v) is 5.29. The van der Waals surface area contributed by atoms with E-state index in [1.54, 1.807) is 0 Å². The molecule has 1 nitrogen and oxygen atoms in total. The average molecular weight is 304 g/mol. The first-order chi connectivity index (χ1) is 7.00. The highest BCUT2D eigenvalue weighted by Crippen LogP contribution is 2.32. The zero-order chi connectivity index (χ0) is 11.6. The second kappa shape index (κ2) is 5.18. The molecule has 0 heterocycles. The molecule has 0 atom stereocenters. The molecule has 84 valence electrons. The highest BCUT2D eigenvalue weighted by molar-refractivity contribution is 9.10. The van der Waals surface area contributed by atoms with Crippen LogP contribution in [0.15, 0.2) is 4.47 Å². The van der Waals surface area contributed by atoms with Crippen LogP contribution >= 0.6 is 27.5 Å². The Balaban J connectivity index is 3.26. The highest BCUT2D eigenvalue weighted by atomic mass is 79.9. The monoisotopic (exact) mass is 302 g/mol. The van der Waals surface area contributed by atoms with Crippen LogP contribution < -0.4 is 0 Å². The fourth-order valence-corrected chi connectivity index (χ4v) is 1.99. The molecule has 1 aromatic rings. The van der Waals surface area contributed by atoms with E-state index in [0.717, 1.165) is 0 Å². The molecule has 0 saturated heterocycles. The Labute approximate surface area is 98.0 Å². The predicted molar refractivity (Wildman–Crippen MR) is 54.4 cm³/mol. The van der Waals surface area contributed by atoms with Crippen LogP contribution in [0.5, 0.6) is 0 Å². The van der Waals surface area contributed by atoms with Crippen LogP contribution in [-0.2, 0) is 6.42 Å². The summed E-state index contributed by atoms with van der Waals surface area (Å²) in [4.78, 5) is 0. The van der Waals surface area contributed by atoms with Crippen molar-refractivity contribution >= 4 is 27.5 Å². The van der Waals surface area contributed by atoms with Crippen LogP contribution in [0.25, 0.3) is 0 Å². The zero-order valence-corrected chi connectivity index (χ0v) is 9.80. The normalized spacial score (nSPS) is 10.8. The zero-order valence-electron chi connectivity index (χ0n) is 7.46. The van der Waals surface area contributed by atoms with Crippen molar-refractivity contribution in [1.29, 1.82) is 0 Å². The Morgan fingerprint density at radius 3 is 2.27 bits per heavy atom. The first kappa shape index (κ1) is 12.8. The van der Waals surface area contributed by atoms with E-state index in [0.29, 0.717) is 0 Å². The molecule has 0 aliphatic rings. The number of benzene rings is 1. The number of hydrogen-bond acceptors (Lipinski definition) is 1. The number of hydrogen-bond donors (Lipinski definition) is 1. The minimum absolute atomic E-state index is 0.0356. The van der Waals surface area contributed by atoms with Gasteiger partial charge in [-0.2, -0.15) is 0 Å². The van der Waals surface area contributed by atoms with Gasteiger partial charge in [-0.15, -0.1) is 0 Å². The largest absolute Gasteiger partial charge is 0.396 e. The number of rotatable bonds is 3. The topological polar surface area (TPSA) is 20.2 Å². The van der Waals surface area contributed by atoms with E-state index in [1.165, 1.54) is 0 Å². The third-order valence-corrected chi connectivity index (χ3v) is 3.04. The van der Waals surface area contributed by atoms with E-state index in [2.05, 4.69) is 15.9 Å². The van der Waals surface area contributed by atoms with Gasteiger partial charge in [0.05, 0.1) is 4.47 Å². The van der Waals surface area contributed by atoms with Crippen molar-refractivity contribution in [3.05, 3.63) is 32.5 Å². The molecule has 6 heteroatoms. The lowest BCUT2D eigenvalue weighted by Gasteiger charge is -2.09. The third kappa shape index (κ3) is 2.46. The molecule has 0 amide bonds. The first-order valence-electron chi connectivity index (χ1n) is 4.11. The van der Waals surface area contributed by atoms with E-state index in [1.807, 2.05) is 0 Å².